The lowest BCUT2D eigenvalue weighted by Gasteiger charge is -2.06. The summed E-state index contributed by atoms with van der Waals surface area (Å²) >= 11 is 0. The molecule has 0 saturated carbocycles. The van der Waals surface area contributed by atoms with Crippen molar-refractivity contribution < 1.29 is 4.79 Å². The van der Waals surface area contributed by atoms with Crippen LogP contribution in [0.1, 0.15) is 16.1 Å². The number of aromatic nitrogens is 3. The molecule has 0 bridgehead atoms. The fraction of sp³-hybridized carbons (Fsp3) is 0.0909. The van der Waals surface area contributed by atoms with E-state index in [2.05, 4.69) is 20.3 Å². The first-order valence-electron chi connectivity index (χ1n) is 4.96. The zero-order valence-corrected chi connectivity index (χ0v) is 9.21. The maximum atomic E-state index is 11.8. The molecule has 0 saturated heterocycles. The maximum Gasteiger partial charge on any atom is 0.275 e. The highest BCUT2D eigenvalue weighted by Gasteiger charge is 2.09. The molecule has 0 atom stereocenters. The van der Waals surface area contributed by atoms with Gasteiger partial charge in [-0.3, -0.25) is 14.8 Å². The molecular weight excluding hydrogens is 218 g/mol. The first-order valence-corrected chi connectivity index (χ1v) is 4.96. The van der Waals surface area contributed by atoms with Gasteiger partial charge in [0.1, 0.15) is 11.5 Å². The molecule has 0 spiro atoms. The van der Waals surface area contributed by atoms with Crippen molar-refractivity contribution in [2.45, 2.75) is 6.92 Å². The Bertz CT molecular complexity index is 555. The van der Waals surface area contributed by atoms with E-state index in [0.29, 0.717) is 5.69 Å². The van der Waals surface area contributed by atoms with E-state index >= 15 is 0 Å². The summed E-state index contributed by atoms with van der Waals surface area (Å²) in [7, 11) is 0. The monoisotopic (exact) mass is 229 g/mol. The summed E-state index contributed by atoms with van der Waals surface area (Å²) in [6.07, 6.45) is 6.02. The van der Waals surface area contributed by atoms with E-state index in [1.54, 1.807) is 18.5 Å². The largest absolute Gasteiger partial charge is 0.382 e. The third-order valence-corrected chi connectivity index (χ3v) is 2.15. The van der Waals surface area contributed by atoms with Crippen molar-refractivity contribution in [1.29, 1.82) is 0 Å². The molecule has 0 radical (unpaired) electrons. The number of anilines is 2. The Morgan fingerprint density at radius 3 is 2.82 bits per heavy atom. The van der Waals surface area contributed by atoms with Gasteiger partial charge in [0.2, 0.25) is 0 Å². The number of nitrogens with one attached hydrogen (secondary N) is 1. The highest BCUT2D eigenvalue weighted by molar-refractivity contribution is 6.03. The highest BCUT2D eigenvalue weighted by atomic mass is 16.1. The normalized spacial score (nSPS) is 9.94. The van der Waals surface area contributed by atoms with Gasteiger partial charge >= 0.3 is 0 Å². The lowest BCUT2D eigenvalue weighted by atomic mass is 10.2. The summed E-state index contributed by atoms with van der Waals surface area (Å²) in [5.41, 5.74) is 7.20. The van der Waals surface area contributed by atoms with Gasteiger partial charge in [-0.05, 0) is 18.6 Å². The van der Waals surface area contributed by atoms with Crippen LogP contribution >= 0.6 is 0 Å². The Labute approximate surface area is 97.9 Å². The number of aryl methyl sites for hydroxylation is 1. The predicted molar refractivity (Wildman–Crippen MR) is 63.4 cm³/mol. The third kappa shape index (κ3) is 2.54. The van der Waals surface area contributed by atoms with Gasteiger partial charge in [0.15, 0.2) is 0 Å². The number of rotatable bonds is 2. The van der Waals surface area contributed by atoms with Crippen molar-refractivity contribution >= 4 is 17.4 Å². The van der Waals surface area contributed by atoms with E-state index in [1.165, 1.54) is 12.4 Å². The zero-order chi connectivity index (χ0) is 12.3. The minimum absolute atomic E-state index is 0.182. The first-order chi connectivity index (χ1) is 8.16. The summed E-state index contributed by atoms with van der Waals surface area (Å²) < 4.78 is 0. The van der Waals surface area contributed by atoms with E-state index in [4.69, 9.17) is 5.73 Å². The molecule has 2 heterocycles. The topological polar surface area (TPSA) is 93.8 Å². The van der Waals surface area contributed by atoms with Crippen molar-refractivity contribution in [2.24, 2.45) is 0 Å². The SMILES string of the molecule is Cc1cnccc1NC(=O)c1cncc(N)n1. The number of carbonyl (C=O) groups excluding carboxylic acids is 1. The Hall–Kier alpha value is -2.50. The number of pyridine rings is 1. The molecule has 6 heteroatoms. The van der Waals surface area contributed by atoms with Crippen LogP contribution in [-0.4, -0.2) is 20.9 Å². The molecule has 6 nitrogen and oxygen atoms in total. The predicted octanol–water partition coefficient (Wildman–Crippen LogP) is 1.01. The Balaban J connectivity index is 2.20. The number of nitrogen functional groups attached to an aromatic ring is 1. The Morgan fingerprint density at radius 2 is 2.12 bits per heavy atom. The second-order valence-corrected chi connectivity index (χ2v) is 3.47. The smallest absolute Gasteiger partial charge is 0.275 e. The summed E-state index contributed by atoms with van der Waals surface area (Å²) in [6.45, 7) is 1.85. The van der Waals surface area contributed by atoms with Gasteiger partial charge in [-0.1, -0.05) is 0 Å². The van der Waals surface area contributed by atoms with Crippen molar-refractivity contribution in [3.8, 4) is 0 Å². The summed E-state index contributed by atoms with van der Waals surface area (Å²) in [6, 6.07) is 1.72. The summed E-state index contributed by atoms with van der Waals surface area (Å²) in [4.78, 5) is 23.5. The number of carbonyl (C=O) groups is 1. The van der Waals surface area contributed by atoms with Crippen LogP contribution in [-0.2, 0) is 0 Å². The number of hydrogen-bond acceptors (Lipinski definition) is 5. The van der Waals surface area contributed by atoms with Crippen molar-refractivity contribution in [2.75, 3.05) is 11.1 Å². The molecule has 17 heavy (non-hydrogen) atoms. The highest BCUT2D eigenvalue weighted by Crippen LogP contribution is 2.12. The zero-order valence-electron chi connectivity index (χ0n) is 9.21. The minimum Gasteiger partial charge on any atom is -0.382 e. The molecule has 0 aliphatic rings. The van der Waals surface area contributed by atoms with Crippen LogP contribution in [0.5, 0.6) is 0 Å². The van der Waals surface area contributed by atoms with Gasteiger partial charge in [-0.2, -0.15) is 0 Å². The van der Waals surface area contributed by atoms with Crippen LogP contribution in [0.15, 0.2) is 30.9 Å². The van der Waals surface area contributed by atoms with E-state index in [-0.39, 0.29) is 17.4 Å². The van der Waals surface area contributed by atoms with Gasteiger partial charge in [0.25, 0.3) is 5.91 Å². The molecule has 0 fully saturated rings. The molecule has 86 valence electrons. The average molecular weight is 229 g/mol. The molecule has 2 aromatic heterocycles. The fourth-order valence-electron chi connectivity index (χ4n) is 1.29. The van der Waals surface area contributed by atoms with Crippen LogP contribution < -0.4 is 11.1 Å². The number of nitrogens with zero attached hydrogens (tertiary/aromatic N) is 3. The number of nitrogens with two attached hydrogens (primary N) is 1. The van der Waals surface area contributed by atoms with Crippen molar-refractivity contribution in [3.63, 3.8) is 0 Å². The quantitative estimate of drug-likeness (QED) is 0.801. The summed E-state index contributed by atoms with van der Waals surface area (Å²) in [5.74, 6) is -0.136. The molecule has 0 aliphatic carbocycles. The molecule has 2 aromatic rings. The van der Waals surface area contributed by atoms with Gasteiger partial charge in [0.05, 0.1) is 12.4 Å². The van der Waals surface area contributed by atoms with E-state index in [1.807, 2.05) is 6.92 Å². The minimum atomic E-state index is -0.348. The van der Waals surface area contributed by atoms with Gasteiger partial charge in [-0.25, -0.2) is 4.98 Å². The summed E-state index contributed by atoms with van der Waals surface area (Å²) in [5, 5.41) is 2.72. The second-order valence-electron chi connectivity index (χ2n) is 3.47. The molecule has 3 N–H and O–H groups in total. The molecule has 0 aliphatic heterocycles. The maximum absolute atomic E-state index is 11.8. The second kappa shape index (κ2) is 4.56. The van der Waals surface area contributed by atoms with Crippen LogP contribution in [0.25, 0.3) is 0 Å². The third-order valence-electron chi connectivity index (χ3n) is 2.15. The standard InChI is InChI=1S/C11H11N5O/c1-7-4-13-3-2-8(7)16-11(17)9-5-14-6-10(12)15-9/h2-6H,1H3,(H2,12,15)(H,13,16,17). The van der Waals surface area contributed by atoms with E-state index in [0.717, 1.165) is 5.56 Å². The number of amides is 1. The van der Waals surface area contributed by atoms with Crippen LogP contribution in [0.3, 0.4) is 0 Å². The lowest BCUT2D eigenvalue weighted by molar-refractivity contribution is 0.102. The lowest BCUT2D eigenvalue weighted by Crippen LogP contribution is -2.15. The average Bonchev–Trinajstić information content (AvgIpc) is 2.32. The van der Waals surface area contributed by atoms with Crippen LogP contribution in [0.4, 0.5) is 11.5 Å². The van der Waals surface area contributed by atoms with E-state index in [9.17, 15) is 4.79 Å². The van der Waals surface area contributed by atoms with Crippen molar-refractivity contribution in [3.05, 3.63) is 42.1 Å². The van der Waals surface area contributed by atoms with Crippen molar-refractivity contribution in [1.82, 2.24) is 15.0 Å². The number of hydrogen-bond donors (Lipinski definition) is 2. The van der Waals surface area contributed by atoms with E-state index < -0.39 is 0 Å². The first kappa shape index (κ1) is 11.0. The molecule has 2 rings (SSSR count). The fourth-order valence-corrected chi connectivity index (χ4v) is 1.29. The van der Waals surface area contributed by atoms with Crippen LogP contribution in [0, 0.1) is 6.92 Å². The van der Waals surface area contributed by atoms with Gasteiger partial charge in [0, 0.05) is 18.1 Å². The van der Waals surface area contributed by atoms with Gasteiger partial charge in [-0.15, -0.1) is 0 Å². The Kier molecular flexibility index (Phi) is 2.95. The molecule has 0 aromatic carbocycles. The molecular formula is C11H11N5O. The van der Waals surface area contributed by atoms with Gasteiger partial charge < -0.3 is 11.1 Å². The Morgan fingerprint density at radius 1 is 1.29 bits per heavy atom. The molecule has 1 amide bonds. The van der Waals surface area contributed by atoms with Crippen LogP contribution in [0.2, 0.25) is 0 Å². The molecule has 0 unspecified atom stereocenters.